The van der Waals surface area contributed by atoms with E-state index < -0.39 is 0 Å². The molecule has 0 aliphatic carbocycles. The molecule has 1 aromatic heterocycles. The molecule has 2 heterocycles. The molecule has 3 rings (SSSR count). The van der Waals surface area contributed by atoms with Crippen LogP contribution in [0.5, 0.6) is 5.75 Å². The minimum Gasteiger partial charge on any atom is -0.497 e. The number of aryl methyl sites for hydroxylation is 1. The molecular weight excluding hydrogens is 332 g/mol. The predicted molar refractivity (Wildman–Crippen MR) is 98.0 cm³/mol. The maximum atomic E-state index is 12.6. The number of hydrogen-bond acceptors (Lipinski definition) is 4. The van der Waals surface area contributed by atoms with Gasteiger partial charge in [0.2, 0.25) is 11.8 Å². The summed E-state index contributed by atoms with van der Waals surface area (Å²) < 4.78 is 6.92. The molecule has 7 heteroatoms. The van der Waals surface area contributed by atoms with Crippen molar-refractivity contribution >= 4 is 17.5 Å². The first-order valence-corrected chi connectivity index (χ1v) is 8.64. The van der Waals surface area contributed by atoms with E-state index in [1.54, 1.807) is 22.9 Å². The molecule has 0 spiro atoms. The van der Waals surface area contributed by atoms with Crippen molar-refractivity contribution in [2.24, 2.45) is 13.0 Å². The fraction of sp³-hybridized carbons (Fsp3) is 0.421. The van der Waals surface area contributed by atoms with E-state index in [-0.39, 0.29) is 30.2 Å². The minimum absolute atomic E-state index is 0.0412. The van der Waals surface area contributed by atoms with Crippen LogP contribution < -0.4 is 15.0 Å². The van der Waals surface area contributed by atoms with E-state index in [9.17, 15) is 9.59 Å². The zero-order valence-electron chi connectivity index (χ0n) is 15.5. The lowest BCUT2D eigenvalue weighted by atomic mass is 10.1. The predicted octanol–water partition coefficient (Wildman–Crippen LogP) is 1.97. The van der Waals surface area contributed by atoms with Crippen LogP contribution in [0.2, 0.25) is 0 Å². The summed E-state index contributed by atoms with van der Waals surface area (Å²) in [5.41, 5.74) is 2.78. The largest absolute Gasteiger partial charge is 0.497 e. The van der Waals surface area contributed by atoms with E-state index in [0.29, 0.717) is 6.54 Å². The average molecular weight is 356 g/mol. The summed E-state index contributed by atoms with van der Waals surface area (Å²) in [7, 11) is 3.47. The Hall–Kier alpha value is -2.83. The number of amides is 2. The normalized spacial score (nSPS) is 18.1. The van der Waals surface area contributed by atoms with Gasteiger partial charge >= 0.3 is 0 Å². The molecule has 2 amide bonds. The molecule has 0 bridgehead atoms. The fourth-order valence-corrected chi connectivity index (χ4v) is 3.24. The SMILES string of the molecule is COc1ccc(N2C[C@H](C(=O)N[C@H](C)c3cnn(C)c3C)CC2=O)cc1. The number of rotatable bonds is 5. The van der Waals surface area contributed by atoms with Crippen LogP contribution >= 0.6 is 0 Å². The first-order valence-electron chi connectivity index (χ1n) is 8.64. The Balaban J connectivity index is 1.65. The fourth-order valence-electron chi connectivity index (χ4n) is 3.24. The lowest BCUT2D eigenvalue weighted by Crippen LogP contribution is -2.34. The maximum Gasteiger partial charge on any atom is 0.227 e. The van der Waals surface area contributed by atoms with Crippen molar-refractivity contribution in [3.05, 3.63) is 41.7 Å². The van der Waals surface area contributed by atoms with Crippen molar-refractivity contribution in [3.8, 4) is 5.75 Å². The Morgan fingerprint density at radius 2 is 2.04 bits per heavy atom. The molecule has 1 fully saturated rings. The number of anilines is 1. The maximum absolute atomic E-state index is 12.6. The summed E-state index contributed by atoms with van der Waals surface area (Å²) in [6.07, 6.45) is 1.99. The van der Waals surface area contributed by atoms with Crippen molar-refractivity contribution in [1.29, 1.82) is 0 Å². The quantitative estimate of drug-likeness (QED) is 0.889. The van der Waals surface area contributed by atoms with E-state index in [1.165, 1.54) is 0 Å². The van der Waals surface area contributed by atoms with E-state index >= 15 is 0 Å². The summed E-state index contributed by atoms with van der Waals surface area (Å²) in [5, 5.41) is 7.22. The Morgan fingerprint density at radius 1 is 1.35 bits per heavy atom. The molecule has 0 unspecified atom stereocenters. The Morgan fingerprint density at radius 3 is 2.62 bits per heavy atom. The highest BCUT2D eigenvalue weighted by Gasteiger charge is 2.35. The van der Waals surface area contributed by atoms with Gasteiger partial charge in [-0.05, 0) is 38.1 Å². The van der Waals surface area contributed by atoms with Gasteiger partial charge in [-0.15, -0.1) is 0 Å². The Labute approximate surface area is 152 Å². The number of benzene rings is 1. The Kier molecular flexibility index (Phi) is 4.97. The van der Waals surface area contributed by atoms with Crippen LogP contribution in [0.4, 0.5) is 5.69 Å². The van der Waals surface area contributed by atoms with Gasteiger partial charge in [0.25, 0.3) is 0 Å². The van der Waals surface area contributed by atoms with E-state index in [0.717, 1.165) is 22.7 Å². The van der Waals surface area contributed by atoms with Crippen LogP contribution in [0.15, 0.2) is 30.5 Å². The summed E-state index contributed by atoms with van der Waals surface area (Å²) in [5.74, 6) is 0.227. The Bertz CT molecular complexity index is 813. The highest BCUT2D eigenvalue weighted by molar-refractivity contribution is 6.00. The lowest BCUT2D eigenvalue weighted by molar-refractivity contribution is -0.126. The summed E-state index contributed by atoms with van der Waals surface area (Å²) in [4.78, 5) is 26.6. The van der Waals surface area contributed by atoms with Gasteiger partial charge in [-0.25, -0.2) is 0 Å². The molecular formula is C19H24N4O3. The highest BCUT2D eigenvalue weighted by atomic mass is 16.5. The molecule has 1 N–H and O–H groups in total. The van der Waals surface area contributed by atoms with Crippen molar-refractivity contribution in [2.75, 3.05) is 18.6 Å². The van der Waals surface area contributed by atoms with Crippen LogP contribution in [-0.2, 0) is 16.6 Å². The van der Waals surface area contributed by atoms with Crippen LogP contribution in [-0.4, -0.2) is 35.2 Å². The minimum atomic E-state index is -0.357. The van der Waals surface area contributed by atoms with E-state index in [4.69, 9.17) is 4.74 Å². The zero-order valence-corrected chi connectivity index (χ0v) is 15.5. The number of aromatic nitrogens is 2. The molecule has 1 aliphatic heterocycles. The summed E-state index contributed by atoms with van der Waals surface area (Å²) >= 11 is 0. The topological polar surface area (TPSA) is 76.5 Å². The lowest BCUT2D eigenvalue weighted by Gasteiger charge is -2.19. The first kappa shape index (κ1) is 18.0. The summed E-state index contributed by atoms with van der Waals surface area (Å²) in [6.45, 7) is 4.28. The van der Waals surface area contributed by atoms with E-state index in [1.807, 2.05) is 45.2 Å². The first-order chi connectivity index (χ1) is 12.4. The smallest absolute Gasteiger partial charge is 0.227 e. The monoisotopic (exact) mass is 356 g/mol. The molecule has 1 aromatic carbocycles. The average Bonchev–Trinajstić information content (AvgIpc) is 3.18. The van der Waals surface area contributed by atoms with Crippen molar-refractivity contribution in [1.82, 2.24) is 15.1 Å². The molecule has 1 saturated heterocycles. The van der Waals surface area contributed by atoms with Gasteiger partial charge in [0.1, 0.15) is 5.75 Å². The molecule has 7 nitrogen and oxygen atoms in total. The number of carbonyl (C=O) groups excluding carboxylic acids is 2. The second-order valence-corrected chi connectivity index (χ2v) is 6.64. The van der Waals surface area contributed by atoms with Crippen molar-refractivity contribution in [2.45, 2.75) is 26.3 Å². The number of hydrogen-bond donors (Lipinski definition) is 1. The second kappa shape index (κ2) is 7.19. The molecule has 1 aliphatic rings. The molecule has 2 atom stereocenters. The second-order valence-electron chi connectivity index (χ2n) is 6.64. The molecule has 26 heavy (non-hydrogen) atoms. The number of methoxy groups -OCH3 is 1. The van der Waals surface area contributed by atoms with Gasteiger partial charge in [0.05, 0.1) is 25.3 Å². The molecule has 0 saturated carbocycles. The number of nitrogens with one attached hydrogen (secondary N) is 1. The number of nitrogens with zero attached hydrogens (tertiary/aromatic N) is 3. The standard InChI is InChI=1S/C19H24N4O3/c1-12(17-10-20-22(3)13(17)2)21-19(25)14-9-18(24)23(11-14)15-5-7-16(26-4)8-6-15/h5-8,10,12,14H,9,11H2,1-4H3,(H,21,25)/t12-,14-/m1/s1. The number of ether oxygens (including phenoxy) is 1. The van der Waals surface area contributed by atoms with Crippen molar-refractivity contribution < 1.29 is 14.3 Å². The van der Waals surface area contributed by atoms with Gasteiger partial charge < -0.3 is 15.0 Å². The molecule has 2 aromatic rings. The van der Waals surface area contributed by atoms with Gasteiger partial charge in [-0.3, -0.25) is 14.3 Å². The van der Waals surface area contributed by atoms with Crippen LogP contribution in [0, 0.1) is 12.8 Å². The van der Waals surface area contributed by atoms with Gasteiger partial charge in [0, 0.05) is 37.0 Å². The van der Waals surface area contributed by atoms with Crippen LogP contribution in [0.3, 0.4) is 0 Å². The third-order valence-electron chi connectivity index (χ3n) is 4.98. The third-order valence-corrected chi connectivity index (χ3v) is 4.98. The number of carbonyl (C=O) groups is 2. The molecule has 138 valence electrons. The highest BCUT2D eigenvalue weighted by Crippen LogP contribution is 2.27. The third kappa shape index (κ3) is 3.42. The van der Waals surface area contributed by atoms with E-state index in [2.05, 4.69) is 10.4 Å². The van der Waals surface area contributed by atoms with Crippen molar-refractivity contribution in [3.63, 3.8) is 0 Å². The van der Waals surface area contributed by atoms with Crippen LogP contribution in [0.1, 0.15) is 30.6 Å². The zero-order chi connectivity index (χ0) is 18.8. The van der Waals surface area contributed by atoms with Gasteiger partial charge in [-0.1, -0.05) is 0 Å². The molecule has 0 radical (unpaired) electrons. The van der Waals surface area contributed by atoms with Gasteiger partial charge in [0.15, 0.2) is 0 Å². The van der Waals surface area contributed by atoms with Gasteiger partial charge in [-0.2, -0.15) is 5.10 Å². The summed E-state index contributed by atoms with van der Waals surface area (Å²) in [6, 6.07) is 7.13. The van der Waals surface area contributed by atoms with Crippen LogP contribution in [0.25, 0.3) is 0 Å².